The molecule has 0 radical (unpaired) electrons. The Kier molecular flexibility index (Phi) is 3.62. The Morgan fingerprint density at radius 2 is 2.05 bits per heavy atom. The predicted octanol–water partition coefficient (Wildman–Crippen LogP) is 4.82. The van der Waals surface area contributed by atoms with Gasteiger partial charge in [0.15, 0.2) is 0 Å². The van der Waals surface area contributed by atoms with E-state index in [1.807, 2.05) is 23.6 Å². The fourth-order valence-electron chi connectivity index (χ4n) is 2.62. The van der Waals surface area contributed by atoms with E-state index in [0.717, 1.165) is 11.1 Å². The summed E-state index contributed by atoms with van der Waals surface area (Å²) >= 11 is 6.09. The Hall–Kier alpha value is -2.33. The van der Waals surface area contributed by atoms with E-state index < -0.39 is 11.8 Å². The summed E-state index contributed by atoms with van der Waals surface area (Å²) in [5, 5.41) is 10.3. The summed E-state index contributed by atoms with van der Waals surface area (Å²) in [6.07, 6.45) is 1.63. The Morgan fingerprint density at radius 1 is 1.27 bits per heavy atom. The van der Waals surface area contributed by atoms with Crippen molar-refractivity contribution in [3.8, 4) is 11.1 Å². The van der Waals surface area contributed by atoms with Gasteiger partial charge >= 0.3 is 5.97 Å². The quantitative estimate of drug-likeness (QED) is 0.752. The second-order valence-electron chi connectivity index (χ2n) is 4.99. The van der Waals surface area contributed by atoms with Crippen molar-refractivity contribution in [2.24, 2.45) is 0 Å². The summed E-state index contributed by atoms with van der Waals surface area (Å²) in [4.78, 5) is 11.4. The molecule has 0 unspecified atom stereocenters. The van der Waals surface area contributed by atoms with Gasteiger partial charge in [0.1, 0.15) is 5.82 Å². The van der Waals surface area contributed by atoms with Crippen LogP contribution in [0.15, 0.2) is 42.6 Å². The maximum absolute atomic E-state index is 13.2. The molecule has 0 saturated carbocycles. The number of carboxylic acid groups (broad SMARTS) is 1. The van der Waals surface area contributed by atoms with E-state index in [0.29, 0.717) is 22.5 Å². The van der Waals surface area contributed by atoms with E-state index in [1.54, 1.807) is 18.3 Å². The SMILES string of the molecule is CCn1cc(C(=O)O)c2cc(-c3ccc(F)cc3Cl)ccc21. The summed E-state index contributed by atoms with van der Waals surface area (Å²) in [5.41, 5.74) is 2.53. The molecule has 1 aromatic heterocycles. The zero-order valence-electron chi connectivity index (χ0n) is 11.8. The van der Waals surface area contributed by atoms with Crippen molar-refractivity contribution in [3.05, 3.63) is 59.0 Å². The fraction of sp³-hybridized carbons (Fsp3) is 0.118. The Labute approximate surface area is 131 Å². The Morgan fingerprint density at radius 3 is 2.68 bits per heavy atom. The lowest BCUT2D eigenvalue weighted by Crippen LogP contribution is -1.94. The average Bonchev–Trinajstić information content (AvgIpc) is 2.85. The van der Waals surface area contributed by atoms with E-state index in [9.17, 15) is 14.3 Å². The minimum Gasteiger partial charge on any atom is -0.478 e. The first-order chi connectivity index (χ1) is 10.5. The molecular weight excluding hydrogens is 305 g/mol. The van der Waals surface area contributed by atoms with Gasteiger partial charge in [-0.1, -0.05) is 17.7 Å². The maximum Gasteiger partial charge on any atom is 0.337 e. The summed E-state index contributed by atoms with van der Waals surface area (Å²) < 4.78 is 15.1. The molecule has 0 fully saturated rings. The van der Waals surface area contributed by atoms with E-state index in [1.165, 1.54) is 12.1 Å². The smallest absolute Gasteiger partial charge is 0.337 e. The van der Waals surface area contributed by atoms with Gasteiger partial charge in [0.05, 0.1) is 10.6 Å². The lowest BCUT2D eigenvalue weighted by atomic mass is 10.0. The molecule has 1 N–H and O–H groups in total. The van der Waals surface area contributed by atoms with Crippen LogP contribution in [0.5, 0.6) is 0 Å². The van der Waals surface area contributed by atoms with Crippen LogP contribution in [0.1, 0.15) is 17.3 Å². The molecule has 0 amide bonds. The van der Waals surface area contributed by atoms with Gasteiger partial charge in [-0.25, -0.2) is 9.18 Å². The van der Waals surface area contributed by atoms with Crippen molar-refractivity contribution in [2.75, 3.05) is 0 Å². The van der Waals surface area contributed by atoms with Gasteiger partial charge in [-0.3, -0.25) is 0 Å². The van der Waals surface area contributed by atoms with E-state index in [-0.39, 0.29) is 5.56 Å². The first-order valence-corrected chi connectivity index (χ1v) is 7.20. The van der Waals surface area contributed by atoms with Crippen LogP contribution in [-0.4, -0.2) is 15.6 Å². The van der Waals surface area contributed by atoms with Gasteiger partial charge in [-0.2, -0.15) is 0 Å². The lowest BCUT2D eigenvalue weighted by Gasteiger charge is -2.06. The average molecular weight is 318 g/mol. The standard InChI is InChI=1S/C17H13ClFNO2/c1-2-20-9-14(17(21)22)13-7-10(3-6-16(13)20)12-5-4-11(19)8-15(12)18/h3-9H,2H2,1H3,(H,21,22). The number of hydrogen-bond donors (Lipinski definition) is 1. The van der Waals surface area contributed by atoms with Crippen LogP contribution < -0.4 is 0 Å². The third-order valence-electron chi connectivity index (χ3n) is 3.69. The molecule has 0 aliphatic carbocycles. The number of hydrogen-bond acceptors (Lipinski definition) is 1. The predicted molar refractivity (Wildman–Crippen MR) is 85.0 cm³/mol. The largest absolute Gasteiger partial charge is 0.478 e. The minimum atomic E-state index is -0.973. The first-order valence-electron chi connectivity index (χ1n) is 6.83. The third kappa shape index (κ3) is 2.35. The van der Waals surface area contributed by atoms with Crippen LogP contribution >= 0.6 is 11.6 Å². The monoisotopic (exact) mass is 317 g/mol. The molecule has 0 aliphatic rings. The van der Waals surface area contributed by atoms with Crippen molar-refractivity contribution in [1.29, 1.82) is 0 Å². The second kappa shape index (κ2) is 5.46. The molecule has 2 aromatic carbocycles. The normalized spacial score (nSPS) is 11.0. The molecule has 0 atom stereocenters. The number of halogens is 2. The number of rotatable bonds is 3. The highest BCUT2D eigenvalue weighted by Gasteiger charge is 2.15. The van der Waals surface area contributed by atoms with Crippen LogP contribution in [0.4, 0.5) is 4.39 Å². The summed E-state index contributed by atoms with van der Waals surface area (Å²) in [6, 6.07) is 9.68. The highest BCUT2D eigenvalue weighted by atomic mass is 35.5. The van der Waals surface area contributed by atoms with E-state index >= 15 is 0 Å². The van der Waals surface area contributed by atoms with Crippen LogP contribution in [0.25, 0.3) is 22.0 Å². The zero-order valence-corrected chi connectivity index (χ0v) is 12.6. The van der Waals surface area contributed by atoms with Gasteiger partial charge < -0.3 is 9.67 Å². The molecular formula is C17H13ClFNO2. The summed E-state index contributed by atoms with van der Waals surface area (Å²) in [6.45, 7) is 2.64. The topological polar surface area (TPSA) is 42.2 Å². The molecule has 5 heteroatoms. The number of carboxylic acids is 1. The highest BCUT2D eigenvalue weighted by Crippen LogP contribution is 2.32. The number of aromatic nitrogens is 1. The van der Waals surface area contributed by atoms with Crippen molar-refractivity contribution in [2.45, 2.75) is 13.5 Å². The molecule has 1 heterocycles. The minimum absolute atomic E-state index is 0.247. The van der Waals surface area contributed by atoms with Crippen LogP contribution in [0, 0.1) is 5.82 Å². The van der Waals surface area contributed by atoms with Gasteiger partial charge in [0.25, 0.3) is 0 Å². The van der Waals surface area contributed by atoms with Crippen molar-refractivity contribution >= 4 is 28.5 Å². The molecule has 0 saturated heterocycles. The van der Waals surface area contributed by atoms with E-state index in [2.05, 4.69) is 0 Å². The third-order valence-corrected chi connectivity index (χ3v) is 4.01. The van der Waals surface area contributed by atoms with Gasteiger partial charge in [0, 0.05) is 29.2 Å². The van der Waals surface area contributed by atoms with E-state index in [4.69, 9.17) is 11.6 Å². The number of benzene rings is 2. The number of carbonyl (C=O) groups is 1. The van der Waals surface area contributed by atoms with Crippen LogP contribution in [0.3, 0.4) is 0 Å². The number of aryl methyl sites for hydroxylation is 1. The number of nitrogens with zero attached hydrogens (tertiary/aromatic N) is 1. The summed E-state index contributed by atoms with van der Waals surface area (Å²) in [5.74, 6) is -1.38. The molecule has 0 bridgehead atoms. The van der Waals surface area contributed by atoms with Crippen molar-refractivity contribution < 1.29 is 14.3 Å². The Bertz CT molecular complexity index is 886. The van der Waals surface area contributed by atoms with Crippen LogP contribution in [-0.2, 0) is 6.54 Å². The van der Waals surface area contributed by atoms with Gasteiger partial charge in [0.2, 0.25) is 0 Å². The maximum atomic E-state index is 13.2. The fourth-order valence-corrected chi connectivity index (χ4v) is 2.90. The molecule has 0 spiro atoms. The van der Waals surface area contributed by atoms with Gasteiger partial charge in [-0.15, -0.1) is 0 Å². The molecule has 22 heavy (non-hydrogen) atoms. The molecule has 3 nitrogen and oxygen atoms in total. The lowest BCUT2D eigenvalue weighted by molar-refractivity contribution is 0.0699. The first kappa shape index (κ1) is 14.6. The summed E-state index contributed by atoms with van der Waals surface area (Å²) in [7, 11) is 0. The van der Waals surface area contributed by atoms with Crippen LogP contribution in [0.2, 0.25) is 5.02 Å². The molecule has 3 aromatic rings. The van der Waals surface area contributed by atoms with Crippen molar-refractivity contribution in [1.82, 2.24) is 4.57 Å². The number of aromatic carboxylic acids is 1. The highest BCUT2D eigenvalue weighted by molar-refractivity contribution is 6.33. The molecule has 112 valence electrons. The van der Waals surface area contributed by atoms with Gasteiger partial charge in [-0.05, 0) is 42.8 Å². The zero-order chi connectivity index (χ0) is 15.9. The Balaban J connectivity index is 2.25. The molecule has 0 aliphatic heterocycles. The molecule has 3 rings (SSSR count). The van der Waals surface area contributed by atoms with Crippen molar-refractivity contribution in [3.63, 3.8) is 0 Å². The number of fused-ring (bicyclic) bond motifs is 1. The second-order valence-corrected chi connectivity index (χ2v) is 5.40.